The van der Waals surface area contributed by atoms with E-state index in [1.165, 1.54) is 45.1 Å². The lowest BCUT2D eigenvalue weighted by Crippen LogP contribution is -2.58. The van der Waals surface area contributed by atoms with Crippen LogP contribution in [0.4, 0.5) is 0 Å². The lowest BCUT2D eigenvalue weighted by atomic mass is 9.78. The third-order valence-corrected chi connectivity index (χ3v) is 5.90. The first-order chi connectivity index (χ1) is 9.19. The summed E-state index contributed by atoms with van der Waals surface area (Å²) >= 11 is 0. The largest absolute Gasteiger partial charge is 0.314 e. The number of nitrogens with zero attached hydrogens (tertiary/aromatic N) is 1. The van der Waals surface area contributed by atoms with Gasteiger partial charge < -0.3 is 5.32 Å². The number of nitrogens with one attached hydrogen (secondary N) is 1. The van der Waals surface area contributed by atoms with E-state index in [1.54, 1.807) is 0 Å². The first-order valence-electron chi connectivity index (χ1n) is 8.68. The van der Waals surface area contributed by atoms with E-state index in [1.807, 2.05) is 0 Å². The van der Waals surface area contributed by atoms with Crippen molar-refractivity contribution >= 4 is 0 Å². The Balaban J connectivity index is 2.00. The molecule has 1 saturated carbocycles. The summed E-state index contributed by atoms with van der Waals surface area (Å²) in [7, 11) is 0. The Hall–Kier alpha value is -0.0800. The van der Waals surface area contributed by atoms with Gasteiger partial charge in [-0.05, 0) is 44.6 Å². The highest BCUT2D eigenvalue weighted by atomic mass is 15.2. The summed E-state index contributed by atoms with van der Waals surface area (Å²) in [5, 5.41) is 3.69. The van der Waals surface area contributed by atoms with Crippen LogP contribution in [0.3, 0.4) is 0 Å². The van der Waals surface area contributed by atoms with Gasteiger partial charge in [0, 0.05) is 24.7 Å². The molecule has 2 heteroatoms. The van der Waals surface area contributed by atoms with Crippen LogP contribution >= 0.6 is 0 Å². The lowest BCUT2D eigenvalue weighted by Gasteiger charge is -2.50. The van der Waals surface area contributed by atoms with Gasteiger partial charge in [-0.2, -0.15) is 0 Å². The third-order valence-electron chi connectivity index (χ3n) is 5.90. The van der Waals surface area contributed by atoms with Crippen LogP contribution in [0.15, 0.2) is 0 Å². The molecule has 112 valence electrons. The number of likely N-dealkylation sites (tertiary alicyclic amines) is 1. The minimum atomic E-state index is 0.736. The Kier molecular flexibility index (Phi) is 5.70. The third kappa shape index (κ3) is 3.33. The minimum absolute atomic E-state index is 0.736. The molecule has 0 radical (unpaired) electrons. The zero-order valence-electron chi connectivity index (χ0n) is 13.5. The van der Waals surface area contributed by atoms with Gasteiger partial charge in [-0.25, -0.2) is 0 Å². The summed E-state index contributed by atoms with van der Waals surface area (Å²) in [6.07, 6.45) is 8.55. The van der Waals surface area contributed by atoms with E-state index in [2.05, 4.69) is 37.9 Å². The number of piperidine rings is 1. The Labute approximate surface area is 120 Å². The monoisotopic (exact) mass is 266 g/mol. The molecule has 1 aliphatic heterocycles. The van der Waals surface area contributed by atoms with Gasteiger partial charge in [-0.3, -0.25) is 4.90 Å². The molecule has 2 rings (SSSR count). The predicted octanol–water partition coefficient (Wildman–Crippen LogP) is 3.66. The SMILES string of the molecule is CCNC1CCN(C2CCCCC2CC)C(C)C1C. The number of hydrogen-bond acceptors (Lipinski definition) is 2. The van der Waals surface area contributed by atoms with Gasteiger partial charge >= 0.3 is 0 Å². The Bertz CT molecular complexity index is 266. The molecule has 0 aromatic carbocycles. The van der Waals surface area contributed by atoms with Crippen LogP contribution in [-0.2, 0) is 0 Å². The zero-order valence-corrected chi connectivity index (χ0v) is 13.5. The molecule has 0 bridgehead atoms. The maximum absolute atomic E-state index is 3.69. The molecule has 0 aromatic rings. The molecule has 1 aliphatic carbocycles. The summed E-state index contributed by atoms with van der Waals surface area (Å²) in [5.41, 5.74) is 0. The highest BCUT2D eigenvalue weighted by molar-refractivity contribution is 4.94. The van der Waals surface area contributed by atoms with Gasteiger partial charge in [0.05, 0.1) is 0 Å². The second kappa shape index (κ2) is 7.08. The summed E-state index contributed by atoms with van der Waals surface area (Å²) in [5.74, 6) is 1.74. The lowest BCUT2D eigenvalue weighted by molar-refractivity contribution is 0.00643. The van der Waals surface area contributed by atoms with Gasteiger partial charge in [-0.1, -0.05) is 40.0 Å². The Morgan fingerprint density at radius 2 is 1.79 bits per heavy atom. The molecule has 0 amide bonds. The maximum atomic E-state index is 3.69. The van der Waals surface area contributed by atoms with E-state index >= 15 is 0 Å². The van der Waals surface area contributed by atoms with E-state index in [4.69, 9.17) is 0 Å². The molecular formula is C17H34N2. The second-order valence-electron chi connectivity index (χ2n) is 6.81. The van der Waals surface area contributed by atoms with Gasteiger partial charge in [0.1, 0.15) is 0 Å². The normalized spacial score (nSPS) is 41.4. The molecular weight excluding hydrogens is 232 g/mol. The van der Waals surface area contributed by atoms with Crippen molar-refractivity contribution < 1.29 is 0 Å². The maximum Gasteiger partial charge on any atom is 0.0126 e. The van der Waals surface area contributed by atoms with Crippen molar-refractivity contribution in [1.82, 2.24) is 10.2 Å². The van der Waals surface area contributed by atoms with Gasteiger partial charge in [0.2, 0.25) is 0 Å². The van der Waals surface area contributed by atoms with Crippen molar-refractivity contribution in [2.75, 3.05) is 13.1 Å². The van der Waals surface area contributed by atoms with Crippen molar-refractivity contribution in [2.24, 2.45) is 11.8 Å². The van der Waals surface area contributed by atoms with E-state index < -0.39 is 0 Å². The van der Waals surface area contributed by atoms with Crippen LogP contribution in [0.5, 0.6) is 0 Å². The molecule has 2 fully saturated rings. The van der Waals surface area contributed by atoms with Crippen LogP contribution in [0.1, 0.15) is 66.2 Å². The van der Waals surface area contributed by atoms with Crippen LogP contribution < -0.4 is 5.32 Å². The Morgan fingerprint density at radius 3 is 2.47 bits per heavy atom. The summed E-state index contributed by atoms with van der Waals surface area (Å²) in [6.45, 7) is 12.0. The molecule has 19 heavy (non-hydrogen) atoms. The van der Waals surface area contributed by atoms with Crippen LogP contribution in [0, 0.1) is 11.8 Å². The molecule has 0 aromatic heterocycles. The molecule has 1 N–H and O–H groups in total. The fraction of sp³-hybridized carbons (Fsp3) is 1.00. The molecule has 5 unspecified atom stereocenters. The quantitative estimate of drug-likeness (QED) is 0.835. The van der Waals surface area contributed by atoms with E-state index in [9.17, 15) is 0 Å². The fourth-order valence-corrected chi connectivity index (χ4v) is 4.51. The summed E-state index contributed by atoms with van der Waals surface area (Å²) in [4.78, 5) is 2.87. The Morgan fingerprint density at radius 1 is 1.05 bits per heavy atom. The average Bonchev–Trinajstić information content (AvgIpc) is 2.44. The molecule has 5 atom stereocenters. The van der Waals surface area contributed by atoms with Crippen molar-refractivity contribution in [2.45, 2.75) is 84.3 Å². The topological polar surface area (TPSA) is 15.3 Å². The number of hydrogen-bond donors (Lipinski definition) is 1. The van der Waals surface area contributed by atoms with Crippen molar-refractivity contribution in [3.05, 3.63) is 0 Å². The molecule has 0 spiro atoms. The molecule has 2 aliphatic rings. The summed E-state index contributed by atoms with van der Waals surface area (Å²) in [6, 6.07) is 2.36. The number of rotatable bonds is 4. The van der Waals surface area contributed by atoms with Crippen LogP contribution in [0.25, 0.3) is 0 Å². The van der Waals surface area contributed by atoms with E-state index in [0.29, 0.717) is 0 Å². The zero-order chi connectivity index (χ0) is 13.8. The second-order valence-corrected chi connectivity index (χ2v) is 6.81. The fourth-order valence-electron chi connectivity index (χ4n) is 4.51. The predicted molar refractivity (Wildman–Crippen MR) is 83.5 cm³/mol. The van der Waals surface area contributed by atoms with Crippen LogP contribution in [-0.4, -0.2) is 36.1 Å². The highest BCUT2D eigenvalue weighted by Gasteiger charge is 2.38. The minimum Gasteiger partial charge on any atom is -0.314 e. The first-order valence-corrected chi connectivity index (χ1v) is 8.68. The standard InChI is InChI=1S/C17H34N2/c1-5-15-9-7-8-10-17(15)19-12-11-16(18-6-2)13(3)14(19)4/h13-18H,5-12H2,1-4H3. The van der Waals surface area contributed by atoms with Crippen molar-refractivity contribution in [3.63, 3.8) is 0 Å². The van der Waals surface area contributed by atoms with E-state index in [0.717, 1.165) is 36.5 Å². The smallest absolute Gasteiger partial charge is 0.0126 e. The van der Waals surface area contributed by atoms with Gasteiger partial charge in [-0.15, -0.1) is 0 Å². The van der Waals surface area contributed by atoms with Gasteiger partial charge in [0.25, 0.3) is 0 Å². The van der Waals surface area contributed by atoms with Crippen LogP contribution in [0.2, 0.25) is 0 Å². The summed E-state index contributed by atoms with van der Waals surface area (Å²) < 4.78 is 0. The highest BCUT2D eigenvalue weighted by Crippen LogP contribution is 2.35. The first kappa shape index (κ1) is 15.3. The van der Waals surface area contributed by atoms with Crippen molar-refractivity contribution in [3.8, 4) is 0 Å². The molecule has 2 nitrogen and oxygen atoms in total. The molecule has 1 saturated heterocycles. The van der Waals surface area contributed by atoms with E-state index in [-0.39, 0.29) is 0 Å². The molecule has 1 heterocycles. The van der Waals surface area contributed by atoms with Crippen molar-refractivity contribution in [1.29, 1.82) is 0 Å². The average molecular weight is 266 g/mol. The van der Waals surface area contributed by atoms with Gasteiger partial charge in [0.15, 0.2) is 0 Å².